The average Bonchev–Trinajstić information content (AvgIpc) is 2.71. The molecule has 0 saturated heterocycles. The van der Waals surface area contributed by atoms with Crippen molar-refractivity contribution >= 4 is 31.3 Å². The van der Waals surface area contributed by atoms with Crippen molar-refractivity contribution in [2.45, 2.75) is 20.8 Å². The third kappa shape index (κ3) is 1.61. The van der Waals surface area contributed by atoms with Crippen molar-refractivity contribution in [1.82, 2.24) is 0 Å². The van der Waals surface area contributed by atoms with Gasteiger partial charge in [0.15, 0.2) is 0 Å². The summed E-state index contributed by atoms with van der Waals surface area (Å²) in [7, 11) is 0. The molecule has 0 bridgehead atoms. The molecule has 1 aliphatic carbocycles. The van der Waals surface area contributed by atoms with Gasteiger partial charge in [-0.25, -0.2) is 0 Å². The first-order valence-electron chi connectivity index (χ1n) is 6.15. The van der Waals surface area contributed by atoms with Gasteiger partial charge in [0.2, 0.25) is 0 Å². The SMILES string of the molecule is Cc1c(C)c2c(c(C)c1[O][Po])C(=O)c1ccccc1-2. The van der Waals surface area contributed by atoms with Crippen LogP contribution in [0, 0.1) is 20.8 Å². The first kappa shape index (κ1) is 12.8. The molecule has 0 N–H and O–H groups in total. The van der Waals surface area contributed by atoms with Gasteiger partial charge in [-0.3, -0.25) is 0 Å². The van der Waals surface area contributed by atoms with Crippen LogP contribution in [0.15, 0.2) is 24.3 Å². The second-order valence-electron chi connectivity index (χ2n) is 4.91. The zero-order chi connectivity index (χ0) is 13.7. The molecule has 3 rings (SSSR count). The monoisotopic (exact) mass is 446 g/mol. The molecule has 0 saturated carbocycles. The summed E-state index contributed by atoms with van der Waals surface area (Å²) in [6.07, 6.45) is 0. The summed E-state index contributed by atoms with van der Waals surface area (Å²) < 4.78 is 5.56. The maximum atomic E-state index is 12.6. The molecular formula is C16H13O2Po. The number of ketones is 1. The maximum absolute atomic E-state index is 12.6. The van der Waals surface area contributed by atoms with Crippen molar-refractivity contribution in [3.63, 3.8) is 0 Å². The normalized spacial score (nSPS) is 12.3. The van der Waals surface area contributed by atoms with Crippen molar-refractivity contribution in [3.05, 3.63) is 52.1 Å². The molecule has 2 aromatic rings. The third-order valence-corrected chi connectivity index (χ3v) is 4.64. The Morgan fingerprint density at radius 1 is 0.895 bits per heavy atom. The Labute approximate surface area is 128 Å². The second-order valence-corrected chi connectivity index (χ2v) is 5.56. The van der Waals surface area contributed by atoms with Crippen LogP contribution in [0.2, 0.25) is 0 Å². The van der Waals surface area contributed by atoms with Gasteiger partial charge >= 0.3 is 129 Å². The minimum absolute atomic E-state index is 0.125. The Kier molecular flexibility index (Phi) is 2.99. The van der Waals surface area contributed by atoms with E-state index in [2.05, 4.69) is 13.8 Å². The van der Waals surface area contributed by atoms with E-state index in [0.717, 1.165) is 70.2 Å². The van der Waals surface area contributed by atoms with E-state index in [1.807, 2.05) is 31.2 Å². The first-order valence-corrected chi connectivity index (χ1v) is 7.45. The fraction of sp³-hybridized carbons (Fsp3) is 0.188. The number of benzene rings is 2. The Morgan fingerprint density at radius 2 is 1.53 bits per heavy atom. The topological polar surface area (TPSA) is 26.3 Å². The van der Waals surface area contributed by atoms with Gasteiger partial charge in [-0.2, -0.15) is 0 Å². The van der Waals surface area contributed by atoms with Crippen molar-refractivity contribution < 1.29 is 7.57 Å². The number of hydrogen-bond donors (Lipinski definition) is 0. The number of rotatable bonds is 1. The molecule has 0 amide bonds. The van der Waals surface area contributed by atoms with Crippen molar-refractivity contribution in [1.29, 1.82) is 0 Å². The van der Waals surface area contributed by atoms with E-state index < -0.39 is 0 Å². The predicted molar refractivity (Wildman–Crippen MR) is 75.9 cm³/mol. The van der Waals surface area contributed by atoms with Crippen LogP contribution in [-0.2, 0) is 0 Å². The Balaban J connectivity index is 2.47. The number of carbonyl (C=O) groups is 1. The van der Waals surface area contributed by atoms with E-state index in [1.165, 1.54) is 0 Å². The van der Waals surface area contributed by atoms with Gasteiger partial charge in [0.25, 0.3) is 0 Å². The standard InChI is InChI=1S/C16H14O2.Po/c1-8-9(2)15(17)10(3)14-13(8)11-6-4-5-7-12(11)16(14)18;/h4-7,17H,1-3H3;/q;+1/p-1. The van der Waals surface area contributed by atoms with Gasteiger partial charge in [0, 0.05) is 0 Å². The molecule has 19 heavy (non-hydrogen) atoms. The molecule has 0 aromatic heterocycles. The number of hydrogen-bond acceptors (Lipinski definition) is 2. The quantitative estimate of drug-likeness (QED) is 0.574. The fourth-order valence-corrected chi connectivity index (χ4v) is 3.88. The summed E-state index contributed by atoms with van der Waals surface area (Å²) in [4.78, 5) is 12.6. The molecule has 2 aromatic carbocycles. The summed E-state index contributed by atoms with van der Waals surface area (Å²) in [6.45, 7) is 6.11. The molecule has 0 atom stereocenters. The zero-order valence-corrected chi connectivity index (χ0v) is 14.2. The third-order valence-electron chi connectivity index (χ3n) is 4.00. The van der Waals surface area contributed by atoms with Crippen LogP contribution in [0.5, 0.6) is 5.75 Å². The van der Waals surface area contributed by atoms with E-state index in [-0.39, 0.29) is 5.78 Å². The molecular weight excluding hydrogens is 433 g/mol. The summed E-state index contributed by atoms with van der Waals surface area (Å²) >= 11 is 1.04. The van der Waals surface area contributed by atoms with E-state index in [4.69, 9.17) is 2.77 Å². The summed E-state index contributed by atoms with van der Waals surface area (Å²) in [5.41, 5.74) is 7.03. The first-order chi connectivity index (χ1) is 9.07. The van der Waals surface area contributed by atoms with E-state index >= 15 is 0 Å². The number of fused-ring (bicyclic) bond motifs is 3. The average molecular weight is 446 g/mol. The molecule has 0 spiro atoms. The molecule has 0 unspecified atom stereocenters. The molecule has 1 radical (unpaired) electrons. The molecule has 95 valence electrons. The van der Waals surface area contributed by atoms with E-state index in [9.17, 15) is 4.79 Å². The summed E-state index contributed by atoms with van der Waals surface area (Å²) in [6, 6.07) is 7.84. The van der Waals surface area contributed by atoms with Crippen LogP contribution in [0.25, 0.3) is 11.1 Å². The fourth-order valence-electron chi connectivity index (χ4n) is 2.91. The van der Waals surface area contributed by atoms with Crippen LogP contribution in [0.1, 0.15) is 32.6 Å². The van der Waals surface area contributed by atoms with Gasteiger partial charge in [0.05, 0.1) is 0 Å². The Hall–Kier alpha value is -1.19. The van der Waals surface area contributed by atoms with E-state index in [0.29, 0.717) is 0 Å². The molecule has 0 aliphatic heterocycles. The summed E-state index contributed by atoms with van der Waals surface area (Å²) in [5, 5.41) is 0. The molecule has 3 heteroatoms. The Morgan fingerprint density at radius 3 is 2.16 bits per heavy atom. The zero-order valence-electron chi connectivity index (χ0n) is 11.0. The van der Waals surface area contributed by atoms with Crippen molar-refractivity contribution in [3.8, 4) is 16.9 Å². The predicted octanol–water partition coefficient (Wildman–Crippen LogP) is 3.29. The van der Waals surface area contributed by atoms with Crippen LogP contribution in [0.4, 0.5) is 0 Å². The van der Waals surface area contributed by atoms with Crippen LogP contribution < -0.4 is 2.77 Å². The van der Waals surface area contributed by atoms with Crippen LogP contribution in [-0.4, -0.2) is 31.3 Å². The van der Waals surface area contributed by atoms with Gasteiger partial charge in [0.1, 0.15) is 0 Å². The van der Waals surface area contributed by atoms with Gasteiger partial charge in [-0.05, 0) is 0 Å². The van der Waals surface area contributed by atoms with Crippen molar-refractivity contribution in [2.24, 2.45) is 0 Å². The van der Waals surface area contributed by atoms with Crippen LogP contribution in [0.3, 0.4) is 0 Å². The molecule has 2 nitrogen and oxygen atoms in total. The van der Waals surface area contributed by atoms with Crippen LogP contribution >= 0.6 is 0 Å². The molecule has 0 heterocycles. The number of carbonyl (C=O) groups excluding carboxylic acids is 1. The summed E-state index contributed by atoms with van der Waals surface area (Å²) in [5.74, 6) is 0.993. The van der Waals surface area contributed by atoms with Crippen molar-refractivity contribution in [2.75, 3.05) is 0 Å². The molecule has 1 aliphatic rings. The molecule has 0 fully saturated rings. The van der Waals surface area contributed by atoms with Gasteiger partial charge in [-0.15, -0.1) is 0 Å². The Bertz CT molecular complexity index is 717. The van der Waals surface area contributed by atoms with Gasteiger partial charge < -0.3 is 0 Å². The van der Waals surface area contributed by atoms with E-state index in [1.54, 1.807) is 0 Å². The minimum atomic E-state index is 0.125. The second kappa shape index (κ2) is 4.42. The van der Waals surface area contributed by atoms with Gasteiger partial charge in [-0.1, -0.05) is 0 Å².